The van der Waals surface area contributed by atoms with Gasteiger partial charge in [-0.15, -0.1) is 0 Å². The quantitative estimate of drug-likeness (QED) is 0.430. The molecule has 33 heavy (non-hydrogen) atoms. The smallest absolute Gasteiger partial charge is 0.308 e. The Kier molecular flexibility index (Phi) is 5.72. The largest absolute Gasteiger partial charge is 0.427 e. The van der Waals surface area contributed by atoms with Gasteiger partial charge in [0.25, 0.3) is 0 Å². The van der Waals surface area contributed by atoms with Gasteiger partial charge < -0.3 is 14.8 Å². The van der Waals surface area contributed by atoms with Crippen LogP contribution in [0.3, 0.4) is 0 Å². The standard InChI is InChI=1S/C26H22ClNO5/c1-14-13-22(27)15(2)24-23(14)26(25(31)28-24,18-5-9-20(10-6-18)32-16(3)29)19-7-11-21(12-8-19)33-17(4)30/h5-13H,1-4H3,(H,28,31). The average Bonchev–Trinajstić information content (AvgIpc) is 3.07. The maximum Gasteiger partial charge on any atom is 0.308 e. The molecular weight excluding hydrogens is 442 g/mol. The second kappa shape index (κ2) is 8.37. The van der Waals surface area contributed by atoms with E-state index in [1.54, 1.807) is 48.5 Å². The Hall–Kier alpha value is -3.64. The average molecular weight is 464 g/mol. The predicted octanol–water partition coefficient (Wildman–Crippen LogP) is 5.09. The summed E-state index contributed by atoms with van der Waals surface area (Å²) in [5, 5.41) is 3.60. The number of rotatable bonds is 4. The third-order valence-electron chi connectivity index (χ3n) is 5.77. The minimum absolute atomic E-state index is 0.230. The van der Waals surface area contributed by atoms with Gasteiger partial charge in [0.2, 0.25) is 5.91 Å². The molecule has 1 aliphatic rings. The maximum atomic E-state index is 13.8. The maximum absolute atomic E-state index is 13.8. The summed E-state index contributed by atoms with van der Waals surface area (Å²) in [5.41, 5.74) is 3.32. The molecule has 0 fully saturated rings. The third-order valence-corrected chi connectivity index (χ3v) is 6.17. The van der Waals surface area contributed by atoms with Crippen molar-refractivity contribution in [2.75, 3.05) is 5.32 Å². The van der Waals surface area contributed by atoms with Crippen LogP contribution in [0.1, 0.15) is 41.7 Å². The molecule has 0 aliphatic carbocycles. The summed E-state index contributed by atoms with van der Waals surface area (Å²) in [7, 11) is 0. The van der Waals surface area contributed by atoms with Crippen molar-refractivity contribution in [3.63, 3.8) is 0 Å². The Morgan fingerprint density at radius 3 is 1.73 bits per heavy atom. The highest BCUT2D eigenvalue weighted by molar-refractivity contribution is 6.32. The van der Waals surface area contributed by atoms with E-state index in [9.17, 15) is 14.4 Å². The zero-order chi connectivity index (χ0) is 23.9. The molecule has 1 amide bonds. The van der Waals surface area contributed by atoms with Gasteiger partial charge >= 0.3 is 11.9 Å². The lowest BCUT2D eigenvalue weighted by atomic mass is 9.68. The van der Waals surface area contributed by atoms with Crippen molar-refractivity contribution in [1.29, 1.82) is 0 Å². The van der Waals surface area contributed by atoms with Crippen molar-refractivity contribution in [1.82, 2.24) is 0 Å². The number of carbonyl (C=O) groups excluding carboxylic acids is 3. The van der Waals surface area contributed by atoms with Crippen LogP contribution >= 0.6 is 11.6 Å². The number of fused-ring (bicyclic) bond motifs is 1. The molecule has 0 atom stereocenters. The van der Waals surface area contributed by atoms with Gasteiger partial charge in [-0.25, -0.2) is 0 Å². The van der Waals surface area contributed by atoms with E-state index >= 15 is 0 Å². The fraction of sp³-hybridized carbons (Fsp3) is 0.192. The van der Waals surface area contributed by atoms with E-state index in [4.69, 9.17) is 21.1 Å². The number of nitrogens with one attached hydrogen (secondary N) is 1. The highest BCUT2D eigenvalue weighted by Crippen LogP contribution is 2.51. The summed E-state index contributed by atoms with van der Waals surface area (Å²) in [6.45, 7) is 6.44. The molecule has 0 radical (unpaired) electrons. The minimum Gasteiger partial charge on any atom is -0.427 e. The fourth-order valence-corrected chi connectivity index (χ4v) is 4.69. The first-order valence-corrected chi connectivity index (χ1v) is 10.7. The number of carbonyl (C=O) groups is 3. The number of anilines is 1. The Morgan fingerprint density at radius 1 is 0.848 bits per heavy atom. The zero-order valence-electron chi connectivity index (χ0n) is 18.6. The van der Waals surface area contributed by atoms with Crippen molar-refractivity contribution in [3.05, 3.63) is 87.4 Å². The summed E-state index contributed by atoms with van der Waals surface area (Å²) in [6, 6.07) is 15.6. The molecule has 0 spiro atoms. The van der Waals surface area contributed by atoms with E-state index in [0.29, 0.717) is 33.3 Å². The van der Waals surface area contributed by atoms with Gasteiger partial charge in [-0.1, -0.05) is 35.9 Å². The van der Waals surface area contributed by atoms with Crippen LogP contribution in [0.15, 0.2) is 54.6 Å². The normalized spacial score (nSPS) is 13.8. The topological polar surface area (TPSA) is 81.7 Å². The Labute approximate surface area is 196 Å². The highest BCUT2D eigenvalue weighted by atomic mass is 35.5. The van der Waals surface area contributed by atoms with E-state index in [1.807, 2.05) is 19.9 Å². The van der Waals surface area contributed by atoms with Gasteiger partial charge in [0.05, 0.1) is 5.69 Å². The first-order chi connectivity index (χ1) is 15.6. The molecular formula is C26H22ClNO5. The van der Waals surface area contributed by atoms with Crippen LogP contribution in [0, 0.1) is 13.8 Å². The zero-order valence-corrected chi connectivity index (χ0v) is 19.4. The van der Waals surface area contributed by atoms with Crippen LogP contribution in [-0.2, 0) is 19.8 Å². The number of ether oxygens (including phenoxy) is 2. The molecule has 6 nitrogen and oxygen atoms in total. The van der Waals surface area contributed by atoms with Crippen LogP contribution < -0.4 is 14.8 Å². The number of aryl methyl sites for hydroxylation is 1. The van der Waals surface area contributed by atoms with Crippen molar-refractivity contribution >= 4 is 35.1 Å². The molecule has 168 valence electrons. The lowest BCUT2D eigenvalue weighted by molar-refractivity contribution is -0.132. The molecule has 7 heteroatoms. The van der Waals surface area contributed by atoms with Crippen molar-refractivity contribution in [3.8, 4) is 11.5 Å². The third kappa shape index (κ3) is 3.76. The van der Waals surface area contributed by atoms with Crippen LogP contribution in [-0.4, -0.2) is 17.8 Å². The number of esters is 2. The monoisotopic (exact) mass is 463 g/mol. The second-order valence-electron chi connectivity index (χ2n) is 7.99. The van der Waals surface area contributed by atoms with Gasteiger partial charge in [0, 0.05) is 24.4 Å². The van der Waals surface area contributed by atoms with E-state index in [1.165, 1.54) is 13.8 Å². The number of amides is 1. The van der Waals surface area contributed by atoms with E-state index in [0.717, 1.165) is 16.7 Å². The highest BCUT2D eigenvalue weighted by Gasteiger charge is 2.51. The number of benzene rings is 3. The molecule has 0 aromatic heterocycles. The van der Waals surface area contributed by atoms with Crippen LogP contribution in [0.4, 0.5) is 5.69 Å². The molecule has 4 rings (SSSR count). The first kappa shape index (κ1) is 22.6. The van der Waals surface area contributed by atoms with Gasteiger partial charge in [-0.3, -0.25) is 14.4 Å². The fourth-order valence-electron chi connectivity index (χ4n) is 4.43. The molecule has 0 unspecified atom stereocenters. The van der Waals surface area contributed by atoms with Crippen molar-refractivity contribution in [2.24, 2.45) is 0 Å². The lowest BCUT2D eigenvalue weighted by Gasteiger charge is -2.30. The molecule has 0 saturated heterocycles. The summed E-state index contributed by atoms with van der Waals surface area (Å²) in [6.07, 6.45) is 0. The molecule has 1 heterocycles. The molecule has 3 aromatic rings. The summed E-state index contributed by atoms with van der Waals surface area (Å²) in [4.78, 5) is 36.5. The summed E-state index contributed by atoms with van der Waals surface area (Å²) < 4.78 is 10.3. The van der Waals surface area contributed by atoms with E-state index < -0.39 is 17.4 Å². The van der Waals surface area contributed by atoms with Crippen molar-refractivity contribution < 1.29 is 23.9 Å². The molecule has 0 bridgehead atoms. The lowest BCUT2D eigenvalue weighted by Crippen LogP contribution is -2.37. The molecule has 3 aromatic carbocycles. The number of halogens is 1. The van der Waals surface area contributed by atoms with Crippen molar-refractivity contribution in [2.45, 2.75) is 33.1 Å². The summed E-state index contributed by atoms with van der Waals surface area (Å²) in [5.74, 6) is -0.317. The van der Waals surface area contributed by atoms with Gasteiger partial charge in [-0.05, 0) is 66.4 Å². The number of hydrogen-bond donors (Lipinski definition) is 1. The SMILES string of the molecule is CC(=O)Oc1ccc(C2(c3ccc(OC(C)=O)cc3)C(=O)Nc3c(C)c(Cl)cc(C)c32)cc1. The molecule has 1 aliphatic heterocycles. The van der Waals surface area contributed by atoms with Gasteiger partial charge in [-0.2, -0.15) is 0 Å². The Morgan fingerprint density at radius 2 is 1.30 bits per heavy atom. The number of hydrogen-bond acceptors (Lipinski definition) is 5. The van der Waals surface area contributed by atoms with E-state index in [-0.39, 0.29) is 5.91 Å². The second-order valence-corrected chi connectivity index (χ2v) is 8.40. The first-order valence-electron chi connectivity index (χ1n) is 10.3. The van der Waals surface area contributed by atoms with Crippen LogP contribution in [0.25, 0.3) is 0 Å². The Balaban J connectivity index is 1.98. The molecule has 1 N–H and O–H groups in total. The predicted molar refractivity (Wildman–Crippen MR) is 125 cm³/mol. The van der Waals surface area contributed by atoms with Crippen LogP contribution in [0.2, 0.25) is 5.02 Å². The molecule has 0 saturated carbocycles. The summed E-state index contributed by atoms with van der Waals surface area (Å²) >= 11 is 6.42. The van der Waals surface area contributed by atoms with E-state index in [2.05, 4.69) is 5.32 Å². The van der Waals surface area contributed by atoms with Gasteiger partial charge in [0.1, 0.15) is 16.9 Å². The minimum atomic E-state index is -1.18. The van der Waals surface area contributed by atoms with Crippen LogP contribution in [0.5, 0.6) is 11.5 Å². The van der Waals surface area contributed by atoms with Gasteiger partial charge in [0.15, 0.2) is 0 Å². The Bertz CT molecular complexity index is 1220.